The Morgan fingerprint density at radius 1 is 0.647 bits per heavy atom. The van der Waals surface area contributed by atoms with Crippen molar-refractivity contribution in [3.8, 4) is 0 Å². The molecule has 0 aromatic carbocycles. The second-order valence-corrected chi connectivity index (χ2v) is 5.61. The van der Waals surface area contributed by atoms with Crippen molar-refractivity contribution in [2.45, 2.75) is 84.0 Å². The number of hydrogen-bond acceptors (Lipinski definition) is 1. The fraction of sp³-hybridized carbons (Fsp3) is 0.933. The molecule has 0 heterocycles. The molecular weight excluding hydrogens is 219 g/mol. The van der Waals surface area contributed by atoms with Crippen LogP contribution in [-0.2, 0) is 0 Å². The van der Waals surface area contributed by atoms with E-state index in [1.807, 2.05) is 0 Å². The molecule has 0 atom stereocenters. The number of unbranched alkanes of at least 4 members (excludes halogenated alkanes) is 11. The summed E-state index contributed by atoms with van der Waals surface area (Å²) in [5.74, 6) is 1.25. The molecule has 0 aromatic heterocycles. The smallest absolute Gasteiger partial charge is 0.354 e. The minimum absolute atomic E-state index is 0. The van der Waals surface area contributed by atoms with Gasteiger partial charge in [-0.1, -0.05) is 77.6 Å². The molecule has 0 spiro atoms. The molecule has 0 aliphatic heterocycles. The van der Waals surface area contributed by atoms with Crippen LogP contribution in [0.25, 0.3) is 0 Å². The van der Waals surface area contributed by atoms with Crippen LogP contribution in [-0.4, -0.2) is 5.75 Å². The summed E-state index contributed by atoms with van der Waals surface area (Å²) in [6, 6.07) is 0. The zero-order chi connectivity index (χ0) is 11.9. The largest absolute Gasteiger partial charge is 1.00 e. The predicted octanol–water partition coefficient (Wildman–Crippen LogP) is 3.22. The minimum Gasteiger partial charge on any atom is -0.354 e. The van der Waals surface area contributed by atoms with Crippen LogP contribution in [0.5, 0.6) is 0 Å². The van der Waals surface area contributed by atoms with Crippen LogP contribution >= 0.6 is 11.8 Å². The van der Waals surface area contributed by atoms with Gasteiger partial charge in [0.2, 0.25) is 0 Å². The van der Waals surface area contributed by atoms with Crippen molar-refractivity contribution in [3.63, 3.8) is 0 Å². The summed E-state index contributed by atoms with van der Waals surface area (Å²) in [6.07, 6.45) is 21.1. The molecule has 0 fully saturated rings. The monoisotopic (exact) mass is 250 g/mol. The van der Waals surface area contributed by atoms with Gasteiger partial charge in [-0.3, -0.25) is 6.26 Å². The van der Waals surface area contributed by atoms with Gasteiger partial charge >= 0.3 is 18.9 Å². The Bertz CT molecular complexity index is 103. The van der Waals surface area contributed by atoms with Gasteiger partial charge in [-0.15, -0.1) is 0 Å². The van der Waals surface area contributed by atoms with Crippen molar-refractivity contribution in [2.24, 2.45) is 0 Å². The van der Waals surface area contributed by atoms with E-state index in [1.165, 1.54) is 82.8 Å². The van der Waals surface area contributed by atoms with Gasteiger partial charge in [-0.25, -0.2) is 0 Å². The van der Waals surface area contributed by atoms with Gasteiger partial charge in [0, 0.05) is 0 Å². The van der Waals surface area contributed by atoms with Crippen LogP contribution in [0.15, 0.2) is 0 Å². The predicted molar refractivity (Wildman–Crippen MR) is 78.9 cm³/mol. The van der Waals surface area contributed by atoms with Gasteiger partial charge in [0.05, 0.1) is 0 Å². The van der Waals surface area contributed by atoms with E-state index in [0.717, 1.165) is 0 Å². The van der Waals surface area contributed by atoms with Crippen molar-refractivity contribution in [3.05, 3.63) is 6.26 Å². The maximum absolute atomic E-state index is 3.79. The molecule has 0 amide bonds. The Morgan fingerprint density at radius 2 is 1.00 bits per heavy atom. The van der Waals surface area contributed by atoms with Gasteiger partial charge in [0.1, 0.15) is 0 Å². The molecule has 0 aliphatic rings. The summed E-state index contributed by atoms with van der Waals surface area (Å²) in [4.78, 5) is 0. The van der Waals surface area contributed by atoms with E-state index in [-0.39, 0.29) is 18.9 Å². The van der Waals surface area contributed by atoms with E-state index in [9.17, 15) is 0 Å². The maximum Gasteiger partial charge on any atom is 1.00 e. The molecule has 0 N–H and O–H groups in total. The zero-order valence-corrected chi connectivity index (χ0v) is 13.1. The fourth-order valence-electron chi connectivity index (χ4n) is 2.05. The van der Waals surface area contributed by atoms with E-state index in [2.05, 4.69) is 13.2 Å². The number of rotatable bonds is 13. The van der Waals surface area contributed by atoms with Crippen molar-refractivity contribution >= 4 is 11.8 Å². The van der Waals surface area contributed by atoms with E-state index >= 15 is 0 Å². The molecule has 0 aliphatic carbocycles. The second kappa shape index (κ2) is 19.3. The Kier molecular flexibility index (Phi) is 23.0. The third-order valence-electron chi connectivity index (χ3n) is 3.14. The average molecular weight is 250 g/mol. The second-order valence-electron chi connectivity index (χ2n) is 4.80. The standard InChI is InChI=1S/C15H31S.Li/c1-3-4-5-6-7-8-9-10-11-12-13-14-15-16-2;/h2-15H2,1H3;/q-1;+1. The van der Waals surface area contributed by atoms with Crippen LogP contribution in [0.4, 0.5) is 0 Å². The van der Waals surface area contributed by atoms with Crippen LogP contribution in [0.3, 0.4) is 0 Å². The summed E-state index contributed by atoms with van der Waals surface area (Å²) in [5.41, 5.74) is 0. The van der Waals surface area contributed by atoms with E-state index < -0.39 is 0 Å². The summed E-state index contributed by atoms with van der Waals surface area (Å²) in [7, 11) is 0. The van der Waals surface area contributed by atoms with E-state index in [1.54, 1.807) is 11.8 Å². The van der Waals surface area contributed by atoms with Crippen molar-refractivity contribution in [2.75, 3.05) is 5.75 Å². The first-order valence-electron chi connectivity index (χ1n) is 7.28. The molecule has 0 radical (unpaired) electrons. The van der Waals surface area contributed by atoms with Gasteiger partial charge in [0.15, 0.2) is 0 Å². The molecule has 0 unspecified atom stereocenters. The number of hydrogen-bond donors (Lipinski definition) is 0. The Balaban J connectivity index is 0. The molecule has 0 rings (SSSR count). The molecule has 0 aromatic rings. The van der Waals surface area contributed by atoms with Gasteiger partial charge in [-0.2, -0.15) is 0 Å². The van der Waals surface area contributed by atoms with Crippen LogP contribution in [0.2, 0.25) is 0 Å². The molecule has 17 heavy (non-hydrogen) atoms. The summed E-state index contributed by atoms with van der Waals surface area (Å²) in [5, 5.41) is 0. The molecule has 0 saturated carbocycles. The first-order valence-corrected chi connectivity index (χ1v) is 8.44. The van der Waals surface area contributed by atoms with Crippen LogP contribution in [0, 0.1) is 6.26 Å². The SMILES string of the molecule is [CH2-]SCCCCCCCCCCCCCC.[Li+]. The quantitative estimate of drug-likeness (QED) is 0.275. The molecule has 0 bridgehead atoms. The topological polar surface area (TPSA) is 0 Å². The van der Waals surface area contributed by atoms with Crippen molar-refractivity contribution < 1.29 is 18.9 Å². The van der Waals surface area contributed by atoms with Gasteiger partial charge < -0.3 is 11.8 Å². The average Bonchev–Trinajstić information content (AvgIpc) is 2.31. The first-order chi connectivity index (χ1) is 7.91. The fourth-order valence-corrected chi connectivity index (χ4v) is 2.45. The van der Waals surface area contributed by atoms with E-state index in [4.69, 9.17) is 0 Å². The first kappa shape index (κ1) is 20.3. The zero-order valence-electron chi connectivity index (χ0n) is 12.3. The summed E-state index contributed by atoms with van der Waals surface area (Å²) < 4.78 is 0. The third kappa shape index (κ3) is 19.5. The molecule has 0 nitrogen and oxygen atoms in total. The van der Waals surface area contributed by atoms with Crippen molar-refractivity contribution in [1.82, 2.24) is 0 Å². The van der Waals surface area contributed by atoms with E-state index in [0.29, 0.717) is 0 Å². The summed E-state index contributed by atoms with van der Waals surface area (Å²) in [6.45, 7) is 2.28. The number of thioether (sulfide) groups is 1. The molecule has 2 heteroatoms. The Labute approximate surface area is 126 Å². The van der Waals surface area contributed by atoms with Gasteiger partial charge in [0.25, 0.3) is 0 Å². The van der Waals surface area contributed by atoms with Gasteiger partial charge in [-0.05, 0) is 12.2 Å². The maximum atomic E-state index is 3.79. The van der Waals surface area contributed by atoms with Crippen molar-refractivity contribution in [1.29, 1.82) is 0 Å². The molecular formula is C15H31LiS. The Hall–Kier alpha value is 0.947. The normalized spacial score (nSPS) is 10.2. The van der Waals surface area contributed by atoms with Crippen LogP contribution in [0.1, 0.15) is 84.0 Å². The summed E-state index contributed by atoms with van der Waals surface area (Å²) >= 11 is 1.73. The molecule has 0 saturated heterocycles. The van der Waals surface area contributed by atoms with Crippen LogP contribution < -0.4 is 18.9 Å². The minimum atomic E-state index is 0. The third-order valence-corrected chi connectivity index (χ3v) is 3.72. The molecule has 98 valence electrons. The Morgan fingerprint density at radius 3 is 1.35 bits per heavy atom.